The summed E-state index contributed by atoms with van der Waals surface area (Å²) in [7, 11) is 0. The fraction of sp³-hybridized carbons (Fsp3) is 0.462. The molecule has 0 radical (unpaired) electrons. The summed E-state index contributed by atoms with van der Waals surface area (Å²) in [6, 6.07) is 13.5. The summed E-state index contributed by atoms with van der Waals surface area (Å²) in [4.78, 5) is 0. The van der Waals surface area contributed by atoms with E-state index in [0.29, 0.717) is 5.92 Å². The summed E-state index contributed by atoms with van der Waals surface area (Å²) in [5.41, 5.74) is 9.66. The van der Waals surface area contributed by atoms with Crippen LogP contribution in [0.2, 0.25) is 0 Å². The van der Waals surface area contributed by atoms with Gasteiger partial charge in [0.15, 0.2) is 0 Å². The molecule has 1 aliphatic rings. The van der Waals surface area contributed by atoms with Crippen LogP contribution in [0.25, 0.3) is 5.57 Å². The molecule has 0 nitrogen and oxygen atoms in total. The Kier molecular flexibility index (Phi) is 5.57. The number of fused-ring (bicyclic) bond motifs is 1. The quantitative estimate of drug-likeness (QED) is 0.524. The Morgan fingerprint density at radius 3 is 1.81 bits per heavy atom. The third kappa shape index (κ3) is 3.15. The van der Waals surface area contributed by atoms with Crippen molar-refractivity contribution in [3.05, 3.63) is 76.4 Å². The third-order valence-corrected chi connectivity index (χ3v) is 6.64. The van der Waals surface area contributed by atoms with Crippen LogP contribution in [-0.2, 0) is 10.8 Å². The van der Waals surface area contributed by atoms with Crippen LogP contribution in [-0.4, -0.2) is 0 Å². The molecular weight excluding hydrogens is 312 g/mol. The van der Waals surface area contributed by atoms with Crippen LogP contribution in [0, 0.1) is 19.8 Å². The van der Waals surface area contributed by atoms with Crippen LogP contribution in [0.3, 0.4) is 0 Å². The van der Waals surface area contributed by atoms with E-state index < -0.39 is 0 Å². The van der Waals surface area contributed by atoms with Gasteiger partial charge in [-0.25, -0.2) is 0 Å². The van der Waals surface area contributed by atoms with E-state index in [1.54, 1.807) is 0 Å². The zero-order chi connectivity index (χ0) is 19.9. The normalized spacial score (nSPS) is 19.3. The van der Waals surface area contributed by atoms with Gasteiger partial charge in [-0.3, -0.25) is 0 Å². The molecule has 2 aromatic carbocycles. The molecule has 1 unspecified atom stereocenters. The largest absolute Gasteiger partial charge is 0.0905 e. The van der Waals surface area contributed by atoms with Crippen LogP contribution in [0.4, 0.5) is 0 Å². The maximum absolute atomic E-state index is 4.41. The van der Waals surface area contributed by atoms with Gasteiger partial charge in [-0.1, -0.05) is 97.0 Å². The van der Waals surface area contributed by atoms with E-state index >= 15 is 0 Å². The molecule has 0 heteroatoms. The van der Waals surface area contributed by atoms with Gasteiger partial charge >= 0.3 is 0 Å². The fourth-order valence-corrected chi connectivity index (χ4v) is 4.38. The highest BCUT2D eigenvalue weighted by Gasteiger charge is 2.48. The lowest BCUT2D eigenvalue weighted by Gasteiger charge is -2.32. The minimum atomic E-state index is 0.189. The Morgan fingerprint density at radius 1 is 0.846 bits per heavy atom. The zero-order valence-electron chi connectivity index (χ0n) is 18.2. The summed E-state index contributed by atoms with van der Waals surface area (Å²) in [5.74, 6) is 0.613. The first-order chi connectivity index (χ1) is 12.1. The monoisotopic (exact) mass is 348 g/mol. The third-order valence-electron chi connectivity index (χ3n) is 6.64. The maximum atomic E-state index is 4.41. The molecular formula is C26H36. The standard InChI is InChI=1S/C24H30.C2H6/c1-15-9-11-19(12-10-15)17(3)20-14-22-21(13-16(20)2)23(5,6)18(4)24(22,7)8;1-2/h9-14,18H,3H2,1-2,4-8H3;1-2H3. The van der Waals surface area contributed by atoms with E-state index in [-0.39, 0.29) is 10.8 Å². The van der Waals surface area contributed by atoms with E-state index in [1.165, 1.54) is 33.4 Å². The lowest BCUT2D eigenvalue weighted by atomic mass is 9.71. The lowest BCUT2D eigenvalue weighted by Crippen LogP contribution is -2.30. The predicted octanol–water partition coefficient (Wildman–Crippen LogP) is 7.60. The van der Waals surface area contributed by atoms with Crippen molar-refractivity contribution in [2.45, 2.75) is 73.1 Å². The molecule has 2 aromatic rings. The van der Waals surface area contributed by atoms with Gasteiger partial charge in [-0.05, 0) is 64.0 Å². The molecule has 3 rings (SSSR count). The number of aryl methyl sites for hydroxylation is 2. The number of benzene rings is 2. The minimum absolute atomic E-state index is 0.189. The molecule has 0 fully saturated rings. The molecule has 0 heterocycles. The molecule has 0 N–H and O–H groups in total. The van der Waals surface area contributed by atoms with Gasteiger partial charge in [0.1, 0.15) is 0 Å². The highest BCUT2D eigenvalue weighted by Crippen LogP contribution is 2.54. The fourth-order valence-electron chi connectivity index (χ4n) is 4.38. The van der Waals surface area contributed by atoms with Gasteiger partial charge in [0, 0.05) is 0 Å². The topological polar surface area (TPSA) is 0 Å². The van der Waals surface area contributed by atoms with Crippen molar-refractivity contribution in [2.24, 2.45) is 5.92 Å². The first kappa shape index (κ1) is 20.5. The summed E-state index contributed by atoms with van der Waals surface area (Å²) >= 11 is 0. The summed E-state index contributed by atoms with van der Waals surface area (Å²) in [6.07, 6.45) is 0. The van der Waals surface area contributed by atoms with E-state index in [1.807, 2.05) is 13.8 Å². The van der Waals surface area contributed by atoms with Gasteiger partial charge in [-0.15, -0.1) is 0 Å². The minimum Gasteiger partial charge on any atom is -0.0905 e. The maximum Gasteiger partial charge on any atom is -0.00665 e. The Labute approximate surface area is 161 Å². The Balaban J connectivity index is 0.00000117. The van der Waals surface area contributed by atoms with Crippen molar-refractivity contribution in [3.8, 4) is 0 Å². The van der Waals surface area contributed by atoms with Crippen LogP contribution in [0.1, 0.15) is 81.8 Å². The second kappa shape index (κ2) is 7.06. The average molecular weight is 349 g/mol. The zero-order valence-corrected chi connectivity index (χ0v) is 18.2. The molecule has 26 heavy (non-hydrogen) atoms. The summed E-state index contributed by atoms with van der Waals surface area (Å²) < 4.78 is 0. The van der Waals surface area contributed by atoms with Crippen molar-refractivity contribution < 1.29 is 0 Å². The molecule has 0 spiro atoms. The number of rotatable bonds is 2. The van der Waals surface area contributed by atoms with Gasteiger partial charge in [-0.2, -0.15) is 0 Å². The Morgan fingerprint density at radius 2 is 1.31 bits per heavy atom. The van der Waals surface area contributed by atoms with Gasteiger partial charge < -0.3 is 0 Å². The highest BCUT2D eigenvalue weighted by molar-refractivity contribution is 5.81. The van der Waals surface area contributed by atoms with Crippen LogP contribution < -0.4 is 0 Å². The molecule has 1 atom stereocenters. The van der Waals surface area contributed by atoms with Crippen LogP contribution >= 0.6 is 0 Å². The molecule has 0 saturated heterocycles. The van der Waals surface area contributed by atoms with E-state index in [9.17, 15) is 0 Å². The molecule has 0 aromatic heterocycles. The van der Waals surface area contributed by atoms with Gasteiger partial charge in [0.2, 0.25) is 0 Å². The van der Waals surface area contributed by atoms with Crippen LogP contribution in [0.5, 0.6) is 0 Å². The van der Waals surface area contributed by atoms with E-state index in [4.69, 9.17) is 0 Å². The summed E-state index contributed by atoms with van der Waals surface area (Å²) in [5, 5.41) is 0. The van der Waals surface area contributed by atoms with Crippen molar-refractivity contribution in [3.63, 3.8) is 0 Å². The Bertz CT molecular complexity index is 801. The second-order valence-electron chi connectivity index (χ2n) is 8.72. The van der Waals surface area contributed by atoms with Crippen molar-refractivity contribution in [2.75, 3.05) is 0 Å². The molecule has 0 saturated carbocycles. The van der Waals surface area contributed by atoms with E-state index in [2.05, 4.69) is 91.4 Å². The molecule has 0 amide bonds. The summed E-state index contributed by atoms with van der Waals surface area (Å²) in [6.45, 7) is 24.7. The van der Waals surface area contributed by atoms with Crippen molar-refractivity contribution >= 4 is 5.57 Å². The van der Waals surface area contributed by atoms with Gasteiger partial charge in [0.25, 0.3) is 0 Å². The average Bonchev–Trinajstić information content (AvgIpc) is 2.74. The SMILES string of the molecule is C=C(c1ccc(C)cc1)c1cc2c(cc1C)C(C)(C)C(C)C2(C)C.CC. The first-order valence-electron chi connectivity index (χ1n) is 9.98. The van der Waals surface area contributed by atoms with Crippen molar-refractivity contribution in [1.29, 1.82) is 0 Å². The molecule has 140 valence electrons. The van der Waals surface area contributed by atoms with Gasteiger partial charge in [0.05, 0.1) is 0 Å². The molecule has 0 aliphatic heterocycles. The lowest BCUT2D eigenvalue weighted by molar-refractivity contribution is 0.264. The first-order valence-corrected chi connectivity index (χ1v) is 9.98. The van der Waals surface area contributed by atoms with Crippen molar-refractivity contribution in [1.82, 2.24) is 0 Å². The number of hydrogen-bond acceptors (Lipinski definition) is 0. The smallest absolute Gasteiger partial charge is 0.00665 e. The second-order valence-corrected chi connectivity index (χ2v) is 8.72. The molecule has 1 aliphatic carbocycles. The van der Waals surface area contributed by atoms with E-state index in [0.717, 1.165) is 5.57 Å². The predicted molar refractivity (Wildman–Crippen MR) is 117 cm³/mol. The Hall–Kier alpha value is -1.82. The molecule has 0 bridgehead atoms. The van der Waals surface area contributed by atoms with Crippen LogP contribution in [0.15, 0.2) is 43.0 Å². The number of hydrogen-bond donors (Lipinski definition) is 0. The highest BCUT2D eigenvalue weighted by atomic mass is 14.5.